The standard InChI is InChI=1S/C23H26ClF2N3O/c1-15-6-7-18(10-19(15)24)27-8-3-9-28-11-16-13-29(14-17(16)12-28)23(30)22-20(25)4-2-5-21(22)26/h2,4-7,10,16-17,27H,3,8-9,11-14H2,1H3. The lowest BCUT2D eigenvalue weighted by Crippen LogP contribution is -2.34. The van der Waals surface area contributed by atoms with Gasteiger partial charge in [0.05, 0.1) is 0 Å². The number of benzene rings is 2. The van der Waals surface area contributed by atoms with Crippen molar-refractivity contribution in [2.24, 2.45) is 11.8 Å². The third kappa shape index (κ3) is 4.44. The summed E-state index contributed by atoms with van der Waals surface area (Å²) in [5.41, 5.74) is 1.66. The van der Waals surface area contributed by atoms with E-state index < -0.39 is 23.1 Å². The van der Waals surface area contributed by atoms with Gasteiger partial charge in [0.25, 0.3) is 5.91 Å². The summed E-state index contributed by atoms with van der Waals surface area (Å²) in [7, 11) is 0. The van der Waals surface area contributed by atoms with Crippen molar-refractivity contribution in [3.8, 4) is 0 Å². The lowest BCUT2D eigenvalue weighted by molar-refractivity contribution is 0.0764. The number of aryl methyl sites for hydroxylation is 1. The molecule has 2 unspecified atom stereocenters. The molecule has 1 amide bonds. The number of carbonyl (C=O) groups is 1. The lowest BCUT2D eigenvalue weighted by atomic mass is 10.0. The van der Waals surface area contributed by atoms with E-state index in [-0.39, 0.29) is 0 Å². The highest BCUT2D eigenvalue weighted by Crippen LogP contribution is 2.32. The zero-order valence-corrected chi connectivity index (χ0v) is 17.8. The summed E-state index contributed by atoms with van der Waals surface area (Å²) in [6.45, 7) is 6.80. The Morgan fingerprint density at radius 3 is 2.40 bits per heavy atom. The Labute approximate surface area is 180 Å². The van der Waals surface area contributed by atoms with Crippen molar-refractivity contribution in [2.75, 3.05) is 44.6 Å². The second-order valence-corrected chi connectivity index (χ2v) is 8.74. The highest BCUT2D eigenvalue weighted by molar-refractivity contribution is 6.31. The predicted molar refractivity (Wildman–Crippen MR) is 115 cm³/mol. The minimum atomic E-state index is -0.791. The van der Waals surface area contributed by atoms with Gasteiger partial charge in [-0.25, -0.2) is 8.78 Å². The topological polar surface area (TPSA) is 35.6 Å². The molecule has 160 valence electrons. The molecule has 0 saturated carbocycles. The molecule has 0 aromatic heterocycles. The van der Waals surface area contributed by atoms with Gasteiger partial charge in [-0.05, 0) is 61.6 Å². The number of nitrogens with one attached hydrogen (secondary N) is 1. The van der Waals surface area contributed by atoms with Gasteiger partial charge in [-0.3, -0.25) is 4.79 Å². The third-order valence-electron chi connectivity index (χ3n) is 6.18. The zero-order chi connectivity index (χ0) is 21.3. The van der Waals surface area contributed by atoms with Crippen LogP contribution in [0.1, 0.15) is 22.3 Å². The van der Waals surface area contributed by atoms with E-state index in [4.69, 9.17) is 11.6 Å². The second kappa shape index (κ2) is 8.90. The van der Waals surface area contributed by atoms with Crippen molar-refractivity contribution in [2.45, 2.75) is 13.3 Å². The van der Waals surface area contributed by atoms with Gasteiger partial charge < -0.3 is 15.1 Å². The number of anilines is 1. The molecule has 2 heterocycles. The number of halogens is 3. The molecule has 0 bridgehead atoms. The number of rotatable bonds is 6. The van der Waals surface area contributed by atoms with Gasteiger partial charge >= 0.3 is 0 Å². The first-order chi connectivity index (χ1) is 14.4. The fourth-order valence-electron chi connectivity index (χ4n) is 4.54. The molecule has 2 aromatic carbocycles. The Morgan fingerprint density at radius 2 is 1.77 bits per heavy atom. The molecule has 4 rings (SSSR count). The Hall–Kier alpha value is -2.18. The molecule has 0 aliphatic carbocycles. The van der Waals surface area contributed by atoms with Crippen LogP contribution in [0.5, 0.6) is 0 Å². The summed E-state index contributed by atoms with van der Waals surface area (Å²) < 4.78 is 27.9. The summed E-state index contributed by atoms with van der Waals surface area (Å²) >= 11 is 6.16. The normalized spacial score (nSPS) is 21.1. The number of hydrogen-bond acceptors (Lipinski definition) is 3. The summed E-state index contributed by atoms with van der Waals surface area (Å²) in [5, 5.41) is 4.17. The van der Waals surface area contributed by atoms with Crippen LogP contribution in [0.4, 0.5) is 14.5 Å². The lowest BCUT2D eigenvalue weighted by Gasteiger charge is -2.22. The minimum Gasteiger partial charge on any atom is -0.385 e. The van der Waals surface area contributed by atoms with Gasteiger partial charge in [-0.15, -0.1) is 0 Å². The van der Waals surface area contributed by atoms with Crippen molar-refractivity contribution in [1.29, 1.82) is 0 Å². The molecule has 7 heteroatoms. The fraction of sp³-hybridized carbons (Fsp3) is 0.435. The molecule has 0 radical (unpaired) electrons. The maximum Gasteiger partial charge on any atom is 0.259 e. The molecule has 30 heavy (non-hydrogen) atoms. The molecule has 2 fully saturated rings. The van der Waals surface area contributed by atoms with Gasteiger partial charge in [-0.1, -0.05) is 23.7 Å². The van der Waals surface area contributed by atoms with E-state index in [2.05, 4.69) is 10.2 Å². The largest absolute Gasteiger partial charge is 0.385 e. The molecule has 2 aliphatic heterocycles. The number of amides is 1. The van der Waals surface area contributed by atoms with Gasteiger partial charge in [0.15, 0.2) is 0 Å². The number of likely N-dealkylation sites (tertiary alicyclic amines) is 2. The zero-order valence-electron chi connectivity index (χ0n) is 17.0. The Kier molecular flexibility index (Phi) is 6.25. The van der Waals surface area contributed by atoms with Crippen molar-refractivity contribution in [3.63, 3.8) is 0 Å². The first-order valence-corrected chi connectivity index (χ1v) is 10.8. The van der Waals surface area contributed by atoms with Crippen LogP contribution < -0.4 is 5.32 Å². The van der Waals surface area contributed by atoms with Crippen LogP contribution in [0.15, 0.2) is 36.4 Å². The van der Waals surface area contributed by atoms with Gasteiger partial charge in [0.1, 0.15) is 17.2 Å². The number of carbonyl (C=O) groups excluding carboxylic acids is 1. The fourth-order valence-corrected chi connectivity index (χ4v) is 4.72. The third-order valence-corrected chi connectivity index (χ3v) is 6.58. The Balaban J connectivity index is 1.23. The van der Waals surface area contributed by atoms with Crippen LogP contribution in [0.25, 0.3) is 0 Å². The monoisotopic (exact) mass is 433 g/mol. The molecule has 2 atom stereocenters. The predicted octanol–water partition coefficient (Wildman–Crippen LogP) is 4.43. The minimum absolute atomic E-state index is 0.368. The summed E-state index contributed by atoms with van der Waals surface area (Å²) in [6.07, 6.45) is 1.01. The first-order valence-electron chi connectivity index (χ1n) is 10.4. The molecule has 0 spiro atoms. The van der Waals surface area contributed by atoms with E-state index in [1.807, 2.05) is 25.1 Å². The highest BCUT2D eigenvalue weighted by Gasteiger charge is 2.42. The van der Waals surface area contributed by atoms with Crippen molar-refractivity contribution in [3.05, 3.63) is 64.2 Å². The van der Waals surface area contributed by atoms with E-state index in [1.165, 1.54) is 6.07 Å². The smallest absolute Gasteiger partial charge is 0.259 e. The second-order valence-electron chi connectivity index (χ2n) is 8.33. The average molecular weight is 434 g/mol. The van der Waals surface area contributed by atoms with E-state index in [9.17, 15) is 13.6 Å². The van der Waals surface area contributed by atoms with Crippen LogP contribution in [0.3, 0.4) is 0 Å². The molecular weight excluding hydrogens is 408 g/mol. The summed E-state index contributed by atoms with van der Waals surface area (Å²) in [5.74, 6) is -1.38. The quantitative estimate of drug-likeness (QED) is 0.684. The van der Waals surface area contributed by atoms with Crippen LogP contribution >= 0.6 is 11.6 Å². The van der Waals surface area contributed by atoms with Gasteiger partial charge in [0, 0.05) is 43.4 Å². The van der Waals surface area contributed by atoms with Crippen LogP contribution in [0.2, 0.25) is 5.02 Å². The summed E-state index contributed by atoms with van der Waals surface area (Å²) in [6, 6.07) is 9.53. The van der Waals surface area contributed by atoms with Crippen molar-refractivity contribution < 1.29 is 13.6 Å². The maximum absolute atomic E-state index is 13.9. The number of nitrogens with zero attached hydrogens (tertiary/aromatic N) is 2. The summed E-state index contributed by atoms with van der Waals surface area (Å²) in [4.78, 5) is 16.6. The van der Waals surface area contributed by atoms with Gasteiger partial charge in [0.2, 0.25) is 0 Å². The molecule has 2 aromatic rings. The SMILES string of the molecule is Cc1ccc(NCCCN2CC3CN(C(=O)c4c(F)cccc4F)CC3C2)cc1Cl. The molecule has 2 saturated heterocycles. The first kappa shape index (κ1) is 21.1. The Morgan fingerprint density at radius 1 is 1.10 bits per heavy atom. The average Bonchev–Trinajstić information content (AvgIpc) is 3.26. The van der Waals surface area contributed by atoms with Gasteiger partial charge in [-0.2, -0.15) is 0 Å². The number of fused-ring (bicyclic) bond motifs is 1. The van der Waals surface area contributed by atoms with E-state index >= 15 is 0 Å². The maximum atomic E-state index is 13.9. The van der Waals surface area contributed by atoms with E-state index in [0.717, 1.165) is 61.0 Å². The highest BCUT2D eigenvalue weighted by atomic mass is 35.5. The Bertz CT molecular complexity index is 904. The van der Waals surface area contributed by atoms with E-state index in [0.29, 0.717) is 24.9 Å². The molecular formula is C23H26ClF2N3O. The number of hydrogen-bond donors (Lipinski definition) is 1. The molecule has 1 N–H and O–H groups in total. The van der Waals surface area contributed by atoms with Crippen LogP contribution in [0, 0.1) is 30.4 Å². The molecule has 2 aliphatic rings. The van der Waals surface area contributed by atoms with E-state index in [1.54, 1.807) is 4.90 Å². The van der Waals surface area contributed by atoms with Crippen LogP contribution in [-0.2, 0) is 0 Å². The van der Waals surface area contributed by atoms with Crippen molar-refractivity contribution in [1.82, 2.24) is 9.80 Å². The molecule has 4 nitrogen and oxygen atoms in total. The van der Waals surface area contributed by atoms with Crippen molar-refractivity contribution >= 4 is 23.2 Å². The van der Waals surface area contributed by atoms with Crippen LogP contribution in [-0.4, -0.2) is 55.0 Å².